The van der Waals surface area contributed by atoms with Gasteiger partial charge in [-0.2, -0.15) is 11.8 Å². The van der Waals surface area contributed by atoms with Crippen LogP contribution in [0.25, 0.3) is 0 Å². The molecule has 5 heteroatoms. The van der Waals surface area contributed by atoms with Crippen molar-refractivity contribution in [1.82, 2.24) is 4.90 Å². The van der Waals surface area contributed by atoms with Crippen molar-refractivity contribution in [2.24, 2.45) is 5.73 Å². The highest BCUT2D eigenvalue weighted by Gasteiger charge is 2.42. The Morgan fingerprint density at radius 2 is 1.95 bits per heavy atom. The van der Waals surface area contributed by atoms with Gasteiger partial charge in [0.25, 0.3) is 0 Å². The maximum atomic E-state index is 13.1. The number of carbonyl (C=O) groups is 1. The molecule has 2 N–H and O–H groups in total. The van der Waals surface area contributed by atoms with E-state index >= 15 is 0 Å². The van der Waals surface area contributed by atoms with E-state index in [1.807, 2.05) is 49.0 Å². The zero-order valence-electron chi connectivity index (χ0n) is 13.0. The minimum absolute atomic E-state index is 0. The maximum Gasteiger partial charge on any atom is 0.247 e. The van der Waals surface area contributed by atoms with Crippen molar-refractivity contribution in [3.63, 3.8) is 0 Å². The highest BCUT2D eigenvalue weighted by Crippen LogP contribution is 2.37. The second kappa shape index (κ2) is 7.24. The van der Waals surface area contributed by atoms with Crippen LogP contribution in [0.4, 0.5) is 0 Å². The van der Waals surface area contributed by atoms with Crippen LogP contribution in [0.15, 0.2) is 30.3 Å². The summed E-state index contributed by atoms with van der Waals surface area (Å²) in [5.41, 5.74) is 6.41. The van der Waals surface area contributed by atoms with Gasteiger partial charge < -0.3 is 10.6 Å². The Kier molecular flexibility index (Phi) is 5.81. The third-order valence-corrected chi connectivity index (χ3v) is 6.21. The number of hydrogen-bond acceptors (Lipinski definition) is 3. The number of nitrogens with two attached hydrogens (primary N) is 1. The zero-order valence-corrected chi connectivity index (χ0v) is 14.7. The predicted molar refractivity (Wildman–Crippen MR) is 95.4 cm³/mol. The molecule has 2 fully saturated rings. The minimum Gasteiger partial charge on any atom is -0.336 e. The summed E-state index contributed by atoms with van der Waals surface area (Å²) in [6.45, 7) is 2.69. The number of amides is 1. The molecule has 3 unspecified atom stereocenters. The molecule has 1 aliphatic carbocycles. The van der Waals surface area contributed by atoms with Crippen molar-refractivity contribution >= 4 is 30.1 Å². The summed E-state index contributed by atoms with van der Waals surface area (Å²) in [5, 5.41) is 0.614. The SMILES string of the molecule is CC(N)(C(=O)N1CCSC2CCCCC21)c1ccccc1.Cl. The minimum atomic E-state index is -0.925. The molecule has 0 aromatic heterocycles. The van der Waals surface area contributed by atoms with Crippen LogP contribution in [0.2, 0.25) is 0 Å². The molecule has 1 aromatic carbocycles. The Morgan fingerprint density at radius 3 is 2.68 bits per heavy atom. The molecule has 1 heterocycles. The molecule has 3 atom stereocenters. The van der Waals surface area contributed by atoms with E-state index in [2.05, 4.69) is 4.90 Å². The molecule has 22 heavy (non-hydrogen) atoms. The molecule has 2 aliphatic rings. The van der Waals surface area contributed by atoms with Crippen molar-refractivity contribution in [3.05, 3.63) is 35.9 Å². The highest BCUT2D eigenvalue weighted by atomic mass is 35.5. The largest absolute Gasteiger partial charge is 0.336 e. The van der Waals surface area contributed by atoms with Gasteiger partial charge in [0.1, 0.15) is 5.54 Å². The average molecular weight is 341 g/mol. The van der Waals surface area contributed by atoms with Gasteiger partial charge in [0.2, 0.25) is 5.91 Å². The topological polar surface area (TPSA) is 46.3 Å². The van der Waals surface area contributed by atoms with Gasteiger partial charge in [-0.15, -0.1) is 12.4 Å². The lowest BCUT2D eigenvalue weighted by atomic mass is 9.88. The van der Waals surface area contributed by atoms with E-state index in [0.29, 0.717) is 11.3 Å². The number of benzene rings is 1. The summed E-state index contributed by atoms with van der Waals surface area (Å²) in [7, 11) is 0. The Balaban J connectivity index is 0.00000176. The molecule has 3 nitrogen and oxygen atoms in total. The van der Waals surface area contributed by atoms with Crippen LogP contribution < -0.4 is 5.73 Å². The van der Waals surface area contributed by atoms with E-state index in [4.69, 9.17) is 5.73 Å². The van der Waals surface area contributed by atoms with E-state index in [9.17, 15) is 4.79 Å². The van der Waals surface area contributed by atoms with E-state index < -0.39 is 5.54 Å². The number of thioether (sulfide) groups is 1. The molecule has 1 saturated carbocycles. The van der Waals surface area contributed by atoms with Gasteiger partial charge in [-0.25, -0.2) is 0 Å². The Morgan fingerprint density at radius 1 is 1.27 bits per heavy atom. The van der Waals surface area contributed by atoms with Gasteiger partial charge >= 0.3 is 0 Å². The van der Waals surface area contributed by atoms with Gasteiger partial charge in [0.05, 0.1) is 0 Å². The smallest absolute Gasteiger partial charge is 0.247 e. The highest BCUT2D eigenvalue weighted by molar-refractivity contribution is 8.00. The number of halogens is 1. The first-order valence-corrected chi connectivity index (χ1v) is 8.92. The van der Waals surface area contributed by atoms with Gasteiger partial charge in [-0.1, -0.05) is 43.2 Å². The molecule has 0 bridgehead atoms. The fourth-order valence-corrected chi connectivity index (χ4v) is 5.00. The third-order valence-electron chi connectivity index (χ3n) is 4.81. The molecular formula is C17H25ClN2OS. The molecular weight excluding hydrogens is 316 g/mol. The lowest BCUT2D eigenvalue weighted by molar-refractivity contribution is -0.139. The van der Waals surface area contributed by atoms with E-state index in [0.717, 1.165) is 24.3 Å². The molecule has 0 radical (unpaired) electrons. The number of nitrogens with zero attached hydrogens (tertiary/aromatic N) is 1. The van der Waals surface area contributed by atoms with E-state index in [-0.39, 0.29) is 18.3 Å². The maximum absolute atomic E-state index is 13.1. The summed E-state index contributed by atoms with van der Waals surface area (Å²) < 4.78 is 0. The van der Waals surface area contributed by atoms with E-state index in [1.165, 1.54) is 19.3 Å². The number of carbonyl (C=O) groups excluding carboxylic acids is 1. The summed E-state index contributed by atoms with van der Waals surface area (Å²) in [5.74, 6) is 1.13. The lowest BCUT2D eigenvalue weighted by Crippen LogP contribution is -2.59. The van der Waals surface area contributed by atoms with Crippen LogP contribution in [-0.4, -0.2) is 34.4 Å². The van der Waals surface area contributed by atoms with Crippen molar-refractivity contribution in [2.75, 3.05) is 12.3 Å². The summed E-state index contributed by atoms with van der Waals surface area (Å²) in [6, 6.07) is 10.1. The summed E-state index contributed by atoms with van der Waals surface area (Å²) in [4.78, 5) is 15.1. The van der Waals surface area contributed by atoms with Crippen LogP contribution in [0.1, 0.15) is 38.2 Å². The summed E-state index contributed by atoms with van der Waals surface area (Å²) >= 11 is 2.04. The van der Waals surface area contributed by atoms with Gasteiger partial charge in [-0.05, 0) is 25.3 Å². The Bertz CT molecular complexity index is 507. The summed E-state index contributed by atoms with van der Waals surface area (Å²) in [6.07, 6.45) is 4.91. The van der Waals surface area contributed by atoms with Crippen LogP contribution >= 0.6 is 24.2 Å². The average Bonchev–Trinajstić information content (AvgIpc) is 2.54. The normalized spacial score (nSPS) is 27.3. The molecule has 122 valence electrons. The number of hydrogen-bond donors (Lipinski definition) is 1. The van der Waals surface area contributed by atoms with Crippen molar-refractivity contribution in [3.8, 4) is 0 Å². The third kappa shape index (κ3) is 3.29. The molecule has 1 amide bonds. The van der Waals surface area contributed by atoms with Crippen LogP contribution in [-0.2, 0) is 10.3 Å². The van der Waals surface area contributed by atoms with Crippen molar-refractivity contribution < 1.29 is 4.79 Å². The fourth-order valence-electron chi connectivity index (χ4n) is 3.55. The standard InChI is InChI=1S/C17H24N2OS.ClH/c1-17(18,13-7-3-2-4-8-13)16(20)19-11-12-21-15-10-6-5-9-14(15)19;/h2-4,7-8,14-15H,5-6,9-12,18H2,1H3;1H. The quantitative estimate of drug-likeness (QED) is 0.899. The van der Waals surface area contributed by atoms with Gasteiger partial charge in [0.15, 0.2) is 0 Å². The van der Waals surface area contributed by atoms with Crippen LogP contribution in [0, 0.1) is 0 Å². The lowest BCUT2D eigenvalue weighted by Gasteiger charge is -2.46. The molecule has 1 aromatic rings. The first-order chi connectivity index (χ1) is 10.1. The zero-order chi connectivity index (χ0) is 14.9. The number of fused-ring (bicyclic) bond motifs is 1. The molecule has 3 rings (SSSR count). The van der Waals surface area contributed by atoms with Crippen molar-refractivity contribution in [2.45, 2.75) is 49.4 Å². The second-order valence-electron chi connectivity index (χ2n) is 6.33. The van der Waals surface area contributed by atoms with Crippen molar-refractivity contribution in [1.29, 1.82) is 0 Å². The van der Waals surface area contributed by atoms with E-state index in [1.54, 1.807) is 0 Å². The first-order valence-electron chi connectivity index (χ1n) is 7.88. The van der Waals surface area contributed by atoms with Gasteiger partial charge in [0, 0.05) is 23.6 Å². The Labute approximate surface area is 143 Å². The first kappa shape index (κ1) is 17.6. The number of rotatable bonds is 2. The van der Waals surface area contributed by atoms with Crippen LogP contribution in [0.3, 0.4) is 0 Å². The molecule has 0 spiro atoms. The monoisotopic (exact) mass is 340 g/mol. The predicted octanol–water partition coefficient (Wildman–Crippen LogP) is 3.17. The fraction of sp³-hybridized carbons (Fsp3) is 0.588. The molecule has 1 aliphatic heterocycles. The second-order valence-corrected chi connectivity index (χ2v) is 7.68. The van der Waals surface area contributed by atoms with Gasteiger partial charge in [-0.3, -0.25) is 4.79 Å². The van der Waals surface area contributed by atoms with Crippen LogP contribution in [0.5, 0.6) is 0 Å². The Hall–Kier alpha value is -0.710. The molecule has 1 saturated heterocycles.